The summed E-state index contributed by atoms with van der Waals surface area (Å²) in [5, 5.41) is 4.79. The highest BCUT2D eigenvalue weighted by Crippen LogP contribution is 2.35. The summed E-state index contributed by atoms with van der Waals surface area (Å²) in [5.74, 6) is 0.0963. The summed E-state index contributed by atoms with van der Waals surface area (Å²) in [6.45, 7) is 3.84. The number of ether oxygens (including phenoxy) is 2. The monoisotopic (exact) mass is 446 g/mol. The number of hydrogen-bond acceptors (Lipinski definition) is 5. The molecule has 0 aliphatic carbocycles. The van der Waals surface area contributed by atoms with E-state index in [0.717, 1.165) is 3.57 Å². The van der Waals surface area contributed by atoms with E-state index in [-0.39, 0.29) is 16.8 Å². The third-order valence-electron chi connectivity index (χ3n) is 2.86. The third-order valence-corrected chi connectivity index (χ3v) is 3.87. The Hall–Kier alpha value is -1.68. The second-order valence-electron chi connectivity index (χ2n) is 5.00. The summed E-state index contributed by atoms with van der Waals surface area (Å²) in [4.78, 5) is 23.8. The van der Waals surface area contributed by atoms with Crippen LogP contribution in [0.15, 0.2) is 17.7 Å². The number of hydrogen-bond donors (Lipinski definition) is 2. The van der Waals surface area contributed by atoms with Crippen LogP contribution in [0.3, 0.4) is 0 Å². The molecule has 2 amide bonds. The molecule has 1 fully saturated rings. The molecule has 0 bridgehead atoms. The van der Waals surface area contributed by atoms with E-state index in [9.17, 15) is 9.59 Å². The molecule has 2 N–H and O–H groups in total. The van der Waals surface area contributed by atoms with Crippen molar-refractivity contribution in [3.8, 4) is 11.5 Å². The van der Waals surface area contributed by atoms with E-state index in [1.807, 2.05) is 13.8 Å². The molecule has 0 aromatic heterocycles. The number of carbonyl (C=O) groups is 2. The van der Waals surface area contributed by atoms with Gasteiger partial charge in [0.15, 0.2) is 16.6 Å². The average molecular weight is 446 g/mol. The summed E-state index contributed by atoms with van der Waals surface area (Å²) in [7, 11) is 1.54. The highest BCUT2D eigenvalue weighted by Gasteiger charge is 2.26. The lowest BCUT2D eigenvalue weighted by molar-refractivity contribution is -0.123. The maximum absolute atomic E-state index is 11.9. The standard InChI is InChI=1S/C15H15IN2O4S/c1-7(2)22-12-10(16)5-8(6-11(12)21-3)4-9-13(19)17-15(23)18-14(9)20/h4-7H,1-3H3,(H2,17,18,19,20,23). The molecule has 1 heterocycles. The Morgan fingerprint density at radius 1 is 1.22 bits per heavy atom. The first-order valence-corrected chi connectivity index (χ1v) is 8.23. The minimum Gasteiger partial charge on any atom is -0.493 e. The molecule has 0 atom stereocenters. The van der Waals surface area contributed by atoms with Crippen LogP contribution in [0, 0.1) is 3.57 Å². The number of carbonyl (C=O) groups excluding carboxylic acids is 2. The van der Waals surface area contributed by atoms with Crippen LogP contribution in [-0.2, 0) is 9.59 Å². The van der Waals surface area contributed by atoms with E-state index in [1.54, 1.807) is 12.1 Å². The number of methoxy groups -OCH3 is 1. The third kappa shape index (κ3) is 4.20. The number of amides is 2. The largest absolute Gasteiger partial charge is 0.493 e. The van der Waals surface area contributed by atoms with Gasteiger partial charge in [0.2, 0.25) is 0 Å². The van der Waals surface area contributed by atoms with Gasteiger partial charge in [-0.15, -0.1) is 0 Å². The fraction of sp³-hybridized carbons (Fsp3) is 0.267. The number of nitrogens with one attached hydrogen (secondary N) is 2. The van der Waals surface area contributed by atoms with Gasteiger partial charge in [-0.25, -0.2) is 0 Å². The van der Waals surface area contributed by atoms with Crippen LogP contribution in [0.25, 0.3) is 6.08 Å². The van der Waals surface area contributed by atoms with Crippen LogP contribution < -0.4 is 20.1 Å². The van der Waals surface area contributed by atoms with E-state index in [2.05, 4.69) is 33.2 Å². The van der Waals surface area contributed by atoms with Crippen molar-refractivity contribution in [2.24, 2.45) is 0 Å². The molecule has 0 saturated carbocycles. The van der Waals surface area contributed by atoms with Gasteiger partial charge in [0, 0.05) is 0 Å². The van der Waals surface area contributed by atoms with E-state index < -0.39 is 11.8 Å². The van der Waals surface area contributed by atoms with Gasteiger partial charge in [0.25, 0.3) is 11.8 Å². The van der Waals surface area contributed by atoms with Crippen LogP contribution in [0.5, 0.6) is 11.5 Å². The van der Waals surface area contributed by atoms with Crippen molar-refractivity contribution in [3.05, 3.63) is 26.8 Å². The summed E-state index contributed by atoms with van der Waals surface area (Å²) in [6.07, 6.45) is 1.48. The van der Waals surface area contributed by atoms with Crippen molar-refractivity contribution in [3.63, 3.8) is 0 Å². The highest BCUT2D eigenvalue weighted by atomic mass is 127. The Kier molecular flexibility index (Phi) is 5.58. The molecule has 1 aliphatic heterocycles. The predicted molar refractivity (Wildman–Crippen MR) is 98.3 cm³/mol. The molecule has 122 valence electrons. The Morgan fingerprint density at radius 2 is 1.83 bits per heavy atom. The van der Waals surface area contributed by atoms with Gasteiger partial charge in [-0.2, -0.15) is 0 Å². The summed E-state index contributed by atoms with van der Waals surface area (Å²) in [5.41, 5.74) is 0.629. The highest BCUT2D eigenvalue weighted by molar-refractivity contribution is 14.1. The SMILES string of the molecule is COc1cc(C=C2C(=O)NC(=S)NC2=O)cc(I)c1OC(C)C. The van der Waals surface area contributed by atoms with Gasteiger partial charge in [-0.3, -0.25) is 20.2 Å². The number of rotatable bonds is 4. The Bertz CT molecular complexity index is 694. The summed E-state index contributed by atoms with van der Waals surface area (Å²) < 4.78 is 11.9. The zero-order chi connectivity index (χ0) is 17.1. The first-order valence-electron chi connectivity index (χ1n) is 6.74. The van der Waals surface area contributed by atoms with Crippen LogP contribution >= 0.6 is 34.8 Å². The Balaban J connectivity index is 2.43. The molecule has 2 rings (SSSR count). The van der Waals surface area contributed by atoms with E-state index in [0.29, 0.717) is 17.1 Å². The van der Waals surface area contributed by atoms with Crippen LogP contribution in [0.1, 0.15) is 19.4 Å². The van der Waals surface area contributed by atoms with Crippen molar-refractivity contribution in [2.75, 3.05) is 7.11 Å². The van der Waals surface area contributed by atoms with Crippen molar-refractivity contribution < 1.29 is 19.1 Å². The van der Waals surface area contributed by atoms with Crippen LogP contribution in [-0.4, -0.2) is 30.1 Å². The fourth-order valence-corrected chi connectivity index (χ4v) is 2.88. The topological polar surface area (TPSA) is 76.7 Å². The molecule has 1 saturated heterocycles. The lowest BCUT2D eigenvalue weighted by Gasteiger charge is -2.18. The molecular formula is C15H15IN2O4S. The maximum atomic E-state index is 11.9. The second-order valence-corrected chi connectivity index (χ2v) is 6.57. The van der Waals surface area contributed by atoms with Crippen molar-refractivity contribution in [2.45, 2.75) is 20.0 Å². The molecule has 8 heteroatoms. The van der Waals surface area contributed by atoms with Gasteiger partial charge in [0.05, 0.1) is 16.8 Å². The minimum atomic E-state index is -0.532. The van der Waals surface area contributed by atoms with Crippen molar-refractivity contribution in [1.29, 1.82) is 0 Å². The van der Waals surface area contributed by atoms with Crippen molar-refractivity contribution >= 4 is 57.8 Å². The number of thiocarbonyl (C=S) groups is 1. The maximum Gasteiger partial charge on any atom is 0.263 e. The normalized spacial score (nSPS) is 14.5. The smallest absolute Gasteiger partial charge is 0.263 e. The molecule has 0 unspecified atom stereocenters. The molecule has 0 spiro atoms. The van der Waals surface area contributed by atoms with Crippen LogP contribution in [0.4, 0.5) is 0 Å². The number of halogens is 1. The molecule has 1 aliphatic rings. The number of benzene rings is 1. The van der Waals surface area contributed by atoms with Gasteiger partial charge in [-0.1, -0.05) is 0 Å². The van der Waals surface area contributed by atoms with Crippen LogP contribution in [0.2, 0.25) is 0 Å². The van der Waals surface area contributed by atoms with Gasteiger partial charge in [0.1, 0.15) is 5.57 Å². The first kappa shape index (κ1) is 17.7. The van der Waals surface area contributed by atoms with Crippen molar-refractivity contribution in [1.82, 2.24) is 10.6 Å². The summed E-state index contributed by atoms with van der Waals surface area (Å²) in [6, 6.07) is 3.52. The molecule has 1 aromatic carbocycles. The predicted octanol–water partition coefficient (Wildman–Crippen LogP) is 2.00. The average Bonchev–Trinajstić information content (AvgIpc) is 2.44. The molecule has 0 radical (unpaired) electrons. The quantitative estimate of drug-likeness (QED) is 0.320. The van der Waals surface area contributed by atoms with Gasteiger partial charge < -0.3 is 9.47 Å². The van der Waals surface area contributed by atoms with E-state index in [1.165, 1.54) is 13.2 Å². The molecule has 1 aromatic rings. The first-order chi connectivity index (χ1) is 10.8. The zero-order valence-corrected chi connectivity index (χ0v) is 15.7. The summed E-state index contributed by atoms with van der Waals surface area (Å²) >= 11 is 6.89. The van der Waals surface area contributed by atoms with E-state index >= 15 is 0 Å². The second kappa shape index (κ2) is 7.26. The lowest BCUT2D eigenvalue weighted by Crippen LogP contribution is -2.51. The zero-order valence-electron chi connectivity index (χ0n) is 12.7. The molecular weight excluding hydrogens is 431 g/mol. The van der Waals surface area contributed by atoms with E-state index in [4.69, 9.17) is 21.7 Å². The van der Waals surface area contributed by atoms with Gasteiger partial charge >= 0.3 is 0 Å². The fourth-order valence-electron chi connectivity index (χ4n) is 1.95. The Morgan fingerprint density at radius 3 is 2.35 bits per heavy atom. The Labute approximate surface area is 152 Å². The van der Waals surface area contributed by atoms with Gasteiger partial charge in [-0.05, 0) is 72.4 Å². The minimum absolute atomic E-state index is 0.00228. The molecule has 6 nitrogen and oxygen atoms in total. The lowest BCUT2D eigenvalue weighted by atomic mass is 10.1. The molecule has 23 heavy (non-hydrogen) atoms.